The third kappa shape index (κ3) is 5.62. The molecular formula is C19H27NO3. The zero-order valence-corrected chi connectivity index (χ0v) is 14.1. The summed E-state index contributed by atoms with van der Waals surface area (Å²) in [5.74, 6) is 1.42. The first-order chi connectivity index (χ1) is 11.2. The highest BCUT2D eigenvalue weighted by Crippen LogP contribution is 2.29. The minimum Gasteiger partial charge on any atom is -0.490 e. The van der Waals surface area contributed by atoms with Gasteiger partial charge in [-0.25, -0.2) is 0 Å². The zero-order valence-electron chi connectivity index (χ0n) is 14.1. The zero-order chi connectivity index (χ0) is 16.5. The Balaban J connectivity index is 1.97. The van der Waals surface area contributed by atoms with Crippen LogP contribution in [0.25, 0.3) is 6.08 Å². The predicted octanol–water partition coefficient (Wildman–Crippen LogP) is 3.95. The van der Waals surface area contributed by atoms with Crippen molar-refractivity contribution in [1.82, 2.24) is 5.32 Å². The van der Waals surface area contributed by atoms with Crippen LogP contribution < -0.4 is 14.8 Å². The second-order valence-electron chi connectivity index (χ2n) is 5.75. The Labute approximate surface area is 138 Å². The van der Waals surface area contributed by atoms with Crippen LogP contribution in [0.3, 0.4) is 0 Å². The van der Waals surface area contributed by atoms with E-state index in [0.29, 0.717) is 25.0 Å². The van der Waals surface area contributed by atoms with E-state index >= 15 is 0 Å². The van der Waals surface area contributed by atoms with E-state index in [1.165, 1.54) is 19.3 Å². The fraction of sp³-hybridized carbons (Fsp3) is 0.526. The van der Waals surface area contributed by atoms with E-state index in [1.54, 1.807) is 6.08 Å². The number of carbonyl (C=O) groups excluding carboxylic acids is 1. The van der Waals surface area contributed by atoms with Gasteiger partial charge in [-0.05, 0) is 50.5 Å². The third-order valence-corrected chi connectivity index (χ3v) is 3.95. The first-order valence-corrected chi connectivity index (χ1v) is 8.61. The summed E-state index contributed by atoms with van der Waals surface area (Å²) >= 11 is 0. The number of carbonyl (C=O) groups is 1. The Hall–Kier alpha value is -1.97. The molecule has 126 valence electrons. The molecule has 2 rings (SSSR count). The van der Waals surface area contributed by atoms with Crippen LogP contribution in [-0.2, 0) is 4.79 Å². The standard InChI is InChI=1S/C19H27NO3/c1-3-22-17-12-10-15(14-18(17)23-4-2)11-13-19(21)20-16-8-6-5-7-9-16/h10-14,16H,3-9H2,1-2H3,(H,20,21). The highest BCUT2D eigenvalue weighted by Gasteiger charge is 2.14. The number of ether oxygens (including phenoxy) is 2. The highest BCUT2D eigenvalue weighted by molar-refractivity contribution is 5.92. The maximum atomic E-state index is 12.0. The molecule has 1 aromatic carbocycles. The maximum absolute atomic E-state index is 12.0. The quantitative estimate of drug-likeness (QED) is 0.775. The van der Waals surface area contributed by atoms with Gasteiger partial charge in [0.2, 0.25) is 5.91 Å². The molecule has 1 N–H and O–H groups in total. The monoisotopic (exact) mass is 317 g/mol. The Morgan fingerprint density at radius 2 is 1.83 bits per heavy atom. The third-order valence-electron chi connectivity index (χ3n) is 3.95. The normalized spacial score (nSPS) is 15.6. The summed E-state index contributed by atoms with van der Waals surface area (Å²) in [5.41, 5.74) is 0.927. The highest BCUT2D eigenvalue weighted by atomic mass is 16.5. The number of rotatable bonds is 7. The van der Waals surface area contributed by atoms with Gasteiger partial charge in [-0.3, -0.25) is 4.79 Å². The number of nitrogens with one attached hydrogen (secondary N) is 1. The van der Waals surface area contributed by atoms with Crippen molar-refractivity contribution in [2.45, 2.75) is 52.0 Å². The molecule has 0 heterocycles. The molecule has 0 aromatic heterocycles. The van der Waals surface area contributed by atoms with Crippen LogP contribution in [0, 0.1) is 0 Å². The van der Waals surface area contributed by atoms with Gasteiger partial charge in [-0.15, -0.1) is 0 Å². The predicted molar refractivity (Wildman–Crippen MR) is 92.8 cm³/mol. The molecule has 1 aliphatic rings. The van der Waals surface area contributed by atoms with Crippen LogP contribution >= 0.6 is 0 Å². The fourth-order valence-electron chi connectivity index (χ4n) is 2.84. The van der Waals surface area contributed by atoms with Gasteiger partial charge in [-0.1, -0.05) is 25.3 Å². The van der Waals surface area contributed by atoms with Gasteiger partial charge >= 0.3 is 0 Å². The van der Waals surface area contributed by atoms with Crippen molar-refractivity contribution < 1.29 is 14.3 Å². The molecule has 0 saturated heterocycles. The lowest BCUT2D eigenvalue weighted by Crippen LogP contribution is -2.34. The molecule has 4 heteroatoms. The molecule has 4 nitrogen and oxygen atoms in total. The lowest BCUT2D eigenvalue weighted by molar-refractivity contribution is -0.117. The largest absolute Gasteiger partial charge is 0.490 e. The molecule has 1 fully saturated rings. The lowest BCUT2D eigenvalue weighted by Gasteiger charge is -2.21. The average molecular weight is 317 g/mol. The number of hydrogen-bond acceptors (Lipinski definition) is 3. The fourth-order valence-corrected chi connectivity index (χ4v) is 2.84. The van der Waals surface area contributed by atoms with Gasteiger partial charge in [0.15, 0.2) is 11.5 Å². The first-order valence-electron chi connectivity index (χ1n) is 8.61. The Kier molecular flexibility index (Phi) is 6.98. The topological polar surface area (TPSA) is 47.6 Å². The molecule has 1 aliphatic carbocycles. The van der Waals surface area contributed by atoms with Crippen molar-refractivity contribution in [3.63, 3.8) is 0 Å². The minimum absolute atomic E-state index is 0.0243. The van der Waals surface area contributed by atoms with Crippen LogP contribution in [0.5, 0.6) is 11.5 Å². The van der Waals surface area contributed by atoms with E-state index in [2.05, 4.69) is 5.32 Å². The van der Waals surface area contributed by atoms with Crippen LogP contribution in [0.4, 0.5) is 0 Å². The van der Waals surface area contributed by atoms with Gasteiger partial charge in [0, 0.05) is 12.1 Å². The molecule has 23 heavy (non-hydrogen) atoms. The number of amides is 1. The molecular weight excluding hydrogens is 290 g/mol. The van der Waals surface area contributed by atoms with Crippen molar-refractivity contribution in [3.8, 4) is 11.5 Å². The molecule has 0 radical (unpaired) electrons. The summed E-state index contributed by atoms with van der Waals surface area (Å²) in [6, 6.07) is 6.05. The molecule has 0 unspecified atom stereocenters. The van der Waals surface area contributed by atoms with Crippen molar-refractivity contribution >= 4 is 12.0 Å². The molecule has 1 amide bonds. The summed E-state index contributed by atoms with van der Waals surface area (Å²) in [6.45, 7) is 5.06. The van der Waals surface area contributed by atoms with Crippen molar-refractivity contribution in [1.29, 1.82) is 0 Å². The van der Waals surface area contributed by atoms with Crippen molar-refractivity contribution in [3.05, 3.63) is 29.8 Å². The molecule has 0 atom stereocenters. The molecule has 0 aliphatic heterocycles. The Bertz CT molecular complexity index is 533. The second-order valence-corrected chi connectivity index (χ2v) is 5.75. The van der Waals surface area contributed by atoms with Crippen molar-refractivity contribution in [2.24, 2.45) is 0 Å². The summed E-state index contributed by atoms with van der Waals surface area (Å²) in [4.78, 5) is 12.0. The van der Waals surface area contributed by atoms with Crippen molar-refractivity contribution in [2.75, 3.05) is 13.2 Å². The molecule has 1 saturated carbocycles. The van der Waals surface area contributed by atoms with Crippen LogP contribution in [0.15, 0.2) is 24.3 Å². The summed E-state index contributed by atoms with van der Waals surface area (Å²) in [6.07, 6.45) is 9.32. The van der Waals surface area contributed by atoms with E-state index in [9.17, 15) is 4.79 Å². The van der Waals surface area contributed by atoms with Gasteiger partial charge in [0.05, 0.1) is 13.2 Å². The van der Waals surface area contributed by atoms with Gasteiger partial charge in [0.25, 0.3) is 0 Å². The van der Waals surface area contributed by atoms with Crippen LogP contribution in [0.2, 0.25) is 0 Å². The number of benzene rings is 1. The lowest BCUT2D eigenvalue weighted by atomic mass is 9.95. The summed E-state index contributed by atoms with van der Waals surface area (Å²) < 4.78 is 11.1. The van der Waals surface area contributed by atoms with E-state index in [0.717, 1.165) is 24.2 Å². The smallest absolute Gasteiger partial charge is 0.244 e. The first kappa shape index (κ1) is 17.4. The minimum atomic E-state index is -0.0243. The second kappa shape index (κ2) is 9.23. The van der Waals surface area contributed by atoms with Gasteiger partial charge < -0.3 is 14.8 Å². The Morgan fingerprint density at radius 3 is 2.52 bits per heavy atom. The molecule has 0 bridgehead atoms. The van der Waals surface area contributed by atoms with E-state index in [-0.39, 0.29) is 5.91 Å². The van der Waals surface area contributed by atoms with Gasteiger partial charge in [-0.2, -0.15) is 0 Å². The Morgan fingerprint density at radius 1 is 1.13 bits per heavy atom. The van der Waals surface area contributed by atoms with Crippen LogP contribution in [0.1, 0.15) is 51.5 Å². The average Bonchev–Trinajstić information content (AvgIpc) is 2.56. The summed E-state index contributed by atoms with van der Waals surface area (Å²) in [7, 11) is 0. The SMILES string of the molecule is CCOc1ccc(C=CC(=O)NC2CCCCC2)cc1OCC. The van der Waals surface area contributed by atoms with E-state index < -0.39 is 0 Å². The van der Waals surface area contributed by atoms with E-state index in [1.807, 2.05) is 38.1 Å². The maximum Gasteiger partial charge on any atom is 0.244 e. The molecule has 1 aromatic rings. The van der Waals surface area contributed by atoms with Gasteiger partial charge in [0.1, 0.15) is 0 Å². The number of hydrogen-bond donors (Lipinski definition) is 1. The molecule has 0 spiro atoms. The van der Waals surface area contributed by atoms with Crippen LogP contribution in [-0.4, -0.2) is 25.2 Å². The summed E-state index contributed by atoms with van der Waals surface area (Å²) in [5, 5.41) is 3.08. The van der Waals surface area contributed by atoms with E-state index in [4.69, 9.17) is 9.47 Å².